The number of piperazine rings is 1. The van der Waals surface area contributed by atoms with E-state index in [2.05, 4.69) is 38.9 Å². The number of carbonyl (C=O) groups is 1. The number of amides is 1. The summed E-state index contributed by atoms with van der Waals surface area (Å²) in [5, 5.41) is 9.77. The van der Waals surface area contributed by atoms with Gasteiger partial charge in [-0.1, -0.05) is 6.92 Å². The average Bonchev–Trinajstić information content (AvgIpc) is 3.16. The van der Waals surface area contributed by atoms with Crippen LogP contribution >= 0.6 is 0 Å². The summed E-state index contributed by atoms with van der Waals surface area (Å²) in [5.74, 6) is 0.571. The summed E-state index contributed by atoms with van der Waals surface area (Å²) in [4.78, 5) is 17.1. The van der Waals surface area contributed by atoms with E-state index in [1.54, 1.807) is 0 Å². The molecule has 0 spiro atoms. The highest BCUT2D eigenvalue weighted by molar-refractivity contribution is 5.79. The Hall–Kier alpha value is -1.33. The van der Waals surface area contributed by atoms with Gasteiger partial charge in [-0.2, -0.15) is 0 Å². The van der Waals surface area contributed by atoms with Gasteiger partial charge in [-0.3, -0.25) is 9.69 Å². The quantitative estimate of drug-likeness (QED) is 0.898. The first kappa shape index (κ1) is 17.5. The zero-order valence-electron chi connectivity index (χ0n) is 14.8. The lowest BCUT2D eigenvalue weighted by molar-refractivity contribution is -0.138. The molecule has 1 saturated heterocycles. The van der Waals surface area contributed by atoms with Crippen molar-refractivity contribution in [2.45, 2.75) is 51.2 Å². The summed E-state index contributed by atoms with van der Waals surface area (Å²) >= 11 is 0. The number of β-amino-alcohol motifs (C(OH)–C–C–N with tert-alkyl or cyclic N) is 1. The predicted molar refractivity (Wildman–Crippen MR) is 94.7 cm³/mol. The number of aromatic nitrogens is 1. The highest BCUT2D eigenvalue weighted by atomic mass is 16.3. The minimum absolute atomic E-state index is 0.213. The average molecular weight is 333 g/mol. The van der Waals surface area contributed by atoms with E-state index < -0.39 is 0 Å². The molecule has 1 aromatic heterocycles. The summed E-state index contributed by atoms with van der Waals surface area (Å²) in [6.45, 7) is 6.15. The maximum Gasteiger partial charge on any atom is 0.225 e. The zero-order valence-corrected chi connectivity index (χ0v) is 14.8. The van der Waals surface area contributed by atoms with Gasteiger partial charge in [0.15, 0.2) is 0 Å². The second-order valence-electron chi connectivity index (χ2n) is 7.32. The van der Waals surface area contributed by atoms with E-state index in [1.165, 1.54) is 0 Å². The van der Waals surface area contributed by atoms with Crippen molar-refractivity contribution in [3.05, 3.63) is 24.5 Å². The second kappa shape index (κ2) is 8.17. The normalized spacial score (nSPS) is 27.2. The van der Waals surface area contributed by atoms with E-state index >= 15 is 0 Å². The Kier molecular flexibility index (Phi) is 5.95. The molecule has 0 unspecified atom stereocenters. The van der Waals surface area contributed by atoms with Gasteiger partial charge in [0.1, 0.15) is 0 Å². The highest BCUT2D eigenvalue weighted by Crippen LogP contribution is 2.33. The van der Waals surface area contributed by atoms with E-state index in [0.29, 0.717) is 11.9 Å². The standard InChI is InChI=1S/C19H31N3O2/c1-2-18(23)15-20-11-13-22(14-12-20)19(24)16-5-7-17(8-6-16)21-9-3-4-10-21/h3-4,9-10,16-18,23H,2,5-8,11-15H2,1H3/t16?,17?,18-/m1/s1. The van der Waals surface area contributed by atoms with Gasteiger partial charge >= 0.3 is 0 Å². The molecule has 1 N–H and O–H groups in total. The lowest BCUT2D eigenvalue weighted by Crippen LogP contribution is -2.52. The Morgan fingerprint density at radius 2 is 1.71 bits per heavy atom. The minimum atomic E-state index is -0.240. The van der Waals surface area contributed by atoms with Gasteiger partial charge in [-0.05, 0) is 44.2 Å². The largest absolute Gasteiger partial charge is 0.392 e. The second-order valence-corrected chi connectivity index (χ2v) is 7.32. The van der Waals surface area contributed by atoms with Crippen molar-refractivity contribution >= 4 is 5.91 Å². The van der Waals surface area contributed by atoms with Crippen molar-refractivity contribution in [1.29, 1.82) is 0 Å². The molecule has 1 saturated carbocycles. The summed E-state index contributed by atoms with van der Waals surface area (Å²) < 4.78 is 2.29. The van der Waals surface area contributed by atoms with E-state index in [0.717, 1.165) is 64.8 Å². The molecule has 0 bridgehead atoms. The molecule has 1 aromatic rings. The Morgan fingerprint density at radius 3 is 2.29 bits per heavy atom. The first-order chi connectivity index (χ1) is 11.7. The molecule has 0 aromatic carbocycles. The molecule has 5 heteroatoms. The Morgan fingerprint density at radius 1 is 1.08 bits per heavy atom. The maximum absolute atomic E-state index is 12.8. The maximum atomic E-state index is 12.8. The van der Waals surface area contributed by atoms with Gasteiger partial charge in [0.25, 0.3) is 0 Å². The highest BCUT2D eigenvalue weighted by Gasteiger charge is 2.31. The van der Waals surface area contributed by atoms with Crippen LogP contribution in [0.5, 0.6) is 0 Å². The number of aliphatic hydroxyl groups is 1. The third kappa shape index (κ3) is 4.19. The summed E-state index contributed by atoms with van der Waals surface area (Å²) in [6.07, 6.45) is 9.06. The first-order valence-corrected chi connectivity index (χ1v) is 9.49. The number of hydrogen-bond acceptors (Lipinski definition) is 3. The van der Waals surface area contributed by atoms with Crippen molar-refractivity contribution in [1.82, 2.24) is 14.4 Å². The summed E-state index contributed by atoms with van der Waals surface area (Å²) in [5.41, 5.74) is 0. The summed E-state index contributed by atoms with van der Waals surface area (Å²) in [7, 11) is 0. The number of aliphatic hydroxyl groups excluding tert-OH is 1. The molecule has 5 nitrogen and oxygen atoms in total. The lowest BCUT2D eigenvalue weighted by atomic mass is 9.85. The molecular formula is C19H31N3O2. The topological polar surface area (TPSA) is 48.7 Å². The van der Waals surface area contributed by atoms with E-state index in [4.69, 9.17) is 0 Å². The van der Waals surface area contributed by atoms with Crippen LogP contribution in [0, 0.1) is 5.92 Å². The zero-order chi connectivity index (χ0) is 16.9. The molecule has 1 amide bonds. The molecule has 2 heterocycles. The van der Waals surface area contributed by atoms with Crippen LogP contribution in [0.25, 0.3) is 0 Å². The summed E-state index contributed by atoms with van der Waals surface area (Å²) in [6, 6.07) is 4.72. The van der Waals surface area contributed by atoms with Crippen LogP contribution in [-0.4, -0.2) is 64.2 Å². The van der Waals surface area contributed by atoms with Gasteiger partial charge < -0.3 is 14.6 Å². The van der Waals surface area contributed by atoms with E-state index in [1.807, 2.05) is 6.92 Å². The number of nitrogens with zero attached hydrogens (tertiary/aromatic N) is 3. The van der Waals surface area contributed by atoms with Crippen molar-refractivity contribution < 1.29 is 9.90 Å². The molecule has 3 rings (SSSR count). The van der Waals surface area contributed by atoms with Gasteiger partial charge in [-0.25, -0.2) is 0 Å². The fraction of sp³-hybridized carbons (Fsp3) is 0.737. The minimum Gasteiger partial charge on any atom is -0.392 e. The third-order valence-corrected chi connectivity index (χ3v) is 5.72. The van der Waals surface area contributed by atoms with Crippen molar-refractivity contribution in [3.8, 4) is 0 Å². The lowest BCUT2D eigenvalue weighted by Gasteiger charge is -2.38. The van der Waals surface area contributed by atoms with Crippen LogP contribution in [0.3, 0.4) is 0 Å². The number of carbonyl (C=O) groups excluding carboxylic acids is 1. The molecule has 0 radical (unpaired) electrons. The van der Waals surface area contributed by atoms with Gasteiger partial charge in [-0.15, -0.1) is 0 Å². The van der Waals surface area contributed by atoms with Crippen LogP contribution in [0.2, 0.25) is 0 Å². The molecular weight excluding hydrogens is 302 g/mol. The van der Waals surface area contributed by atoms with Crippen LogP contribution in [0.4, 0.5) is 0 Å². The molecule has 134 valence electrons. The fourth-order valence-electron chi connectivity index (χ4n) is 4.05. The van der Waals surface area contributed by atoms with E-state index in [9.17, 15) is 9.90 Å². The third-order valence-electron chi connectivity index (χ3n) is 5.72. The molecule has 24 heavy (non-hydrogen) atoms. The van der Waals surface area contributed by atoms with Crippen LogP contribution in [0.1, 0.15) is 45.1 Å². The molecule has 2 aliphatic rings. The fourth-order valence-corrected chi connectivity index (χ4v) is 4.05. The van der Waals surface area contributed by atoms with Crippen molar-refractivity contribution in [2.75, 3.05) is 32.7 Å². The Bertz CT molecular complexity index is 501. The van der Waals surface area contributed by atoms with Crippen molar-refractivity contribution in [2.24, 2.45) is 5.92 Å². The van der Waals surface area contributed by atoms with Crippen LogP contribution in [0.15, 0.2) is 24.5 Å². The van der Waals surface area contributed by atoms with Crippen LogP contribution in [-0.2, 0) is 4.79 Å². The molecule has 1 aliphatic carbocycles. The monoisotopic (exact) mass is 333 g/mol. The SMILES string of the molecule is CC[C@@H](O)CN1CCN(C(=O)C2CCC(n3cccc3)CC2)CC1. The van der Waals surface area contributed by atoms with Gasteiger partial charge in [0, 0.05) is 57.1 Å². The molecule has 2 fully saturated rings. The van der Waals surface area contributed by atoms with Gasteiger partial charge in [0.2, 0.25) is 5.91 Å². The van der Waals surface area contributed by atoms with Crippen LogP contribution < -0.4 is 0 Å². The Balaban J connectivity index is 1.43. The smallest absolute Gasteiger partial charge is 0.225 e. The molecule has 1 aliphatic heterocycles. The number of hydrogen-bond donors (Lipinski definition) is 1. The van der Waals surface area contributed by atoms with E-state index in [-0.39, 0.29) is 12.0 Å². The first-order valence-electron chi connectivity index (χ1n) is 9.49. The predicted octanol–water partition coefficient (Wildman–Crippen LogP) is 2.13. The molecule has 1 atom stereocenters. The Labute approximate surface area is 145 Å². The number of rotatable bonds is 5. The van der Waals surface area contributed by atoms with Crippen molar-refractivity contribution in [3.63, 3.8) is 0 Å². The van der Waals surface area contributed by atoms with Gasteiger partial charge in [0.05, 0.1) is 6.10 Å².